The molecule has 0 spiro atoms. The van der Waals surface area contributed by atoms with E-state index in [0.717, 1.165) is 28.8 Å². The summed E-state index contributed by atoms with van der Waals surface area (Å²) in [5, 5.41) is 0. The molecule has 0 radical (unpaired) electrons. The largest absolute Gasteiger partial charge is 0.398 e. The van der Waals surface area contributed by atoms with Gasteiger partial charge in [0.1, 0.15) is 0 Å². The molecule has 2 aromatic carbocycles. The number of nitrogen functional groups attached to an aromatic ring is 1. The van der Waals surface area contributed by atoms with E-state index in [0.29, 0.717) is 17.8 Å². The highest BCUT2D eigenvalue weighted by atomic mass is 16.2. The van der Waals surface area contributed by atoms with Gasteiger partial charge in [-0.15, -0.1) is 0 Å². The number of benzene rings is 2. The van der Waals surface area contributed by atoms with E-state index < -0.39 is 0 Å². The maximum Gasteiger partial charge on any atom is 0.260 e. The normalized spacial score (nSPS) is 14.3. The predicted octanol–water partition coefficient (Wildman–Crippen LogP) is 3.09. The van der Waals surface area contributed by atoms with Crippen molar-refractivity contribution in [3.8, 4) is 0 Å². The number of rotatable bonds is 1. The summed E-state index contributed by atoms with van der Waals surface area (Å²) in [5.41, 5.74) is 11.5. The van der Waals surface area contributed by atoms with E-state index in [9.17, 15) is 4.79 Å². The van der Waals surface area contributed by atoms with Crippen LogP contribution in [-0.2, 0) is 6.42 Å². The maximum absolute atomic E-state index is 12.7. The quantitative estimate of drug-likeness (QED) is 0.806. The summed E-state index contributed by atoms with van der Waals surface area (Å²) in [7, 11) is 0. The summed E-state index contributed by atoms with van der Waals surface area (Å²) < 4.78 is 0. The number of carbonyl (C=O) groups is 1. The average molecular weight is 266 g/mol. The van der Waals surface area contributed by atoms with E-state index in [4.69, 9.17) is 5.73 Å². The first-order chi connectivity index (χ1) is 9.58. The van der Waals surface area contributed by atoms with Crippen LogP contribution in [0, 0.1) is 13.8 Å². The van der Waals surface area contributed by atoms with Crippen molar-refractivity contribution >= 4 is 17.3 Å². The molecule has 2 aromatic rings. The number of nitrogens with zero attached hydrogens (tertiary/aromatic N) is 1. The highest BCUT2D eigenvalue weighted by molar-refractivity contribution is 6.11. The zero-order valence-corrected chi connectivity index (χ0v) is 11.8. The summed E-state index contributed by atoms with van der Waals surface area (Å²) in [5.74, 6) is 0.0121. The third-order valence-electron chi connectivity index (χ3n) is 3.90. The zero-order valence-electron chi connectivity index (χ0n) is 11.8. The molecular formula is C17H18N2O. The predicted molar refractivity (Wildman–Crippen MR) is 82.2 cm³/mol. The molecule has 3 heteroatoms. The van der Waals surface area contributed by atoms with Crippen LogP contribution in [0.5, 0.6) is 0 Å². The van der Waals surface area contributed by atoms with Gasteiger partial charge < -0.3 is 10.6 Å². The van der Waals surface area contributed by atoms with Gasteiger partial charge >= 0.3 is 0 Å². The number of anilines is 2. The molecule has 102 valence electrons. The topological polar surface area (TPSA) is 46.3 Å². The molecule has 1 aliphatic rings. The Morgan fingerprint density at radius 1 is 1.15 bits per heavy atom. The molecular weight excluding hydrogens is 248 g/mol. The van der Waals surface area contributed by atoms with Crippen LogP contribution < -0.4 is 10.6 Å². The number of hydrogen-bond acceptors (Lipinski definition) is 2. The molecule has 1 amide bonds. The van der Waals surface area contributed by atoms with Crippen molar-refractivity contribution in [2.75, 3.05) is 17.2 Å². The number of hydrogen-bond donors (Lipinski definition) is 1. The van der Waals surface area contributed by atoms with Gasteiger partial charge in [0.25, 0.3) is 5.91 Å². The summed E-state index contributed by atoms with van der Waals surface area (Å²) in [6, 6.07) is 11.9. The number of aryl methyl sites for hydroxylation is 2. The number of nitrogens with two attached hydrogens (primary N) is 1. The van der Waals surface area contributed by atoms with E-state index >= 15 is 0 Å². The SMILES string of the molecule is Cc1ccc(C)c(N2CCc3cccc(N)c3C2=O)c1. The van der Waals surface area contributed by atoms with Gasteiger partial charge in [-0.25, -0.2) is 0 Å². The molecule has 1 aliphatic heterocycles. The van der Waals surface area contributed by atoms with Gasteiger partial charge in [0.05, 0.1) is 5.56 Å². The molecule has 3 rings (SSSR count). The molecule has 1 heterocycles. The van der Waals surface area contributed by atoms with Crippen LogP contribution in [0.1, 0.15) is 27.0 Å². The van der Waals surface area contributed by atoms with Crippen molar-refractivity contribution in [3.63, 3.8) is 0 Å². The van der Waals surface area contributed by atoms with Gasteiger partial charge in [0.2, 0.25) is 0 Å². The minimum atomic E-state index is 0.0121. The van der Waals surface area contributed by atoms with Crippen molar-refractivity contribution < 1.29 is 4.79 Å². The van der Waals surface area contributed by atoms with Gasteiger partial charge in [-0.1, -0.05) is 24.3 Å². The van der Waals surface area contributed by atoms with E-state index in [2.05, 4.69) is 18.2 Å². The Hall–Kier alpha value is -2.29. The second-order valence-corrected chi connectivity index (χ2v) is 5.38. The Morgan fingerprint density at radius 3 is 2.75 bits per heavy atom. The molecule has 0 fully saturated rings. The standard InChI is InChI=1S/C17H18N2O/c1-11-6-7-12(2)15(10-11)19-9-8-13-4-3-5-14(18)16(13)17(19)20/h3-7,10H,8-9,18H2,1-2H3. The van der Waals surface area contributed by atoms with E-state index in [-0.39, 0.29) is 5.91 Å². The third-order valence-corrected chi connectivity index (χ3v) is 3.90. The van der Waals surface area contributed by atoms with E-state index in [1.54, 1.807) is 6.07 Å². The fourth-order valence-electron chi connectivity index (χ4n) is 2.80. The second-order valence-electron chi connectivity index (χ2n) is 5.38. The van der Waals surface area contributed by atoms with Crippen LogP contribution >= 0.6 is 0 Å². The van der Waals surface area contributed by atoms with Gasteiger partial charge in [-0.2, -0.15) is 0 Å². The number of amides is 1. The highest BCUT2D eigenvalue weighted by Crippen LogP contribution is 2.30. The zero-order chi connectivity index (χ0) is 14.3. The Morgan fingerprint density at radius 2 is 1.95 bits per heavy atom. The first-order valence-electron chi connectivity index (χ1n) is 6.84. The Kier molecular flexibility index (Phi) is 2.97. The fourth-order valence-corrected chi connectivity index (χ4v) is 2.80. The molecule has 2 N–H and O–H groups in total. The van der Waals surface area contributed by atoms with Gasteiger partial charge in [0, 0.05) is 17.9 Å². The van der Waals surface area contributed by atoms with Crippen molar-refractivity contribution in [3.05, 3.63) is 58.7 Å². The maximum atomic E-state index is 12.7. The molecule has 0 saturated heterocycles. The van der Waals surface area contributed by atoms with Crippen LogP contribution in [0.2, 0.25) is 0 Å². The van der Waals surface area contributed by atoms with Crippen LogP contribution in [0.15, 0.2) is 36.4 Å². The average Bonchev–Trinajstić information content (AvgIpc) is 2.42. The van der Waals surface area contributed by atoms with Crippen molar-refractivity contribution in [1.29, 1.82) is 0 Å². The Balaban J connectivity index is 2.08. The van der Waals surface area contributed by atoms with Gasteiger partial charge in [-0.3, -0.25) is 4.79 Å². The Bertz CT molecular complexity index is 691. The van der Waals surface area contributed by atoms with Crippen molar-refractivity contribution in [2.24, 2.45) is 0 Å². The van der Waals surface area contributed by atoms with E-state index in [1.807, 2.05) is 30.9 Å². The molecule has 0 aromatic heterocycles. The van der Waals surface area contributed by atoms with Crippen LogP contribution in [0.4, 0.5) is 11.4 Å². The second kappa shape index (κ2) is 4.67. The first-order valence-corrected chi connectivity index (χ1v) is 6.84. The Labute approximate surface area is 119 Å². The van der Waals surface area contributed by atoms with Gasteiger partial charge in [-0.05, 0) is 49.1 Å². The molecule has 0 unspecified atom stereocenters. The monoisotopic (exact) mass is 266 g/mol. The smallest absolute Gasteiger partial charge is 0.260 e. The van der Waals surface area contributed by atoms with Gasteiger partial charge in [0.15, 0.2) is 0 Å². The molecule has 20 heavy (non-hydrogen) atoms. The lowest BCUT2D eigenvalue weighted by molar-refractivity contribution is 0.0981. The number of carbonyl (C=O) groups excluding carboxylic acids is 1. The summed E-state index contributed by atoms with van der Waals surface area (Å²) >= 11 is 0. The van der Waals surface area contributed by atoms with E-state index in [1.165, 1.54) is 0 Å². The van der Waals surface area contributed by atoms with Crippen molar-refractivity contribution in [1.82, 2.24) is 0 Å². The van der Waals surface area contributed by atoms with Crippen LogP contribution in [-0.4, -0.2) is 12.5 Å². The molecule has 0 atom stereocenters. The van der Waals surface area contributed by atoms with Crippen molar-refractivity contribution in [2.45, 2.75) is 20.3 Å². The lowest BCUT2D eigenvalue weighted by atomic mass is 9.96. The lowest BCUT2D eigenvalue weighted by Gasteiger charge is -2.30. The molecule has 3 nitrogen and oxygen atoms in total. The van der Waals surface area contributed by atoms with Crippen LogP contribution in [0.3, 0.4) is 0 Å². The summed E-state index contributed by atoms with van der Waals surface area (Å²) in [6.45, 7) is 4.78. The molecule has 0 bridgehead atoms. The fraction of sp³-hybridized carbons (Fsp3) is 0.235. The number of fused-ring (bicyclic) bond motifs is 1. The first kappa shape index (κ1) is 12.7. The summed E-state index contributed by atoms with van der Waals surface area (Å²) in [4.78, 5) is 14.6. The highest BCUT2D eigenvalue weighted by Gasteiger charge is 2.27. The van der Waals surface area contributed by atoms with Crippen LogP contribution in [0.25, 0.3) is 0 Å². The minimum Gasteiger partial charge on any atom is -0.398 e. The lowest BCUT2D eigenvalue weighted by Crippen LogP contribution is -2.38. The minimum absolute atomic E-state index is 0.0121. The molecule has 0 saturated carbocycles. The summed E-state index contributed by atoms with van der Waals surface area (Å²) in [6.07, 6.45) is 0.847. The molecule has 0 aliphatic carbocycles. The third kappa shape index (κ3) is 1.95.